The van der Waals surface area contributed by atoms with E-state index in [1.54, 1.807) is 0 Å². The molecule has 160 valence electrons. The molecule has 4 rings (SSSR count). The second kappa shape index (κ2) is 9.29. The minimum Gasteiger partial charge on any atom is -0.349 e. The van der Waals surface area contributed by atoms with E-state index < -0.39 is 0 Å². The first kappa shape index (κ1) is 21.0. The van der Waals surface area contributed by atoms with Crippen molar-refractivity contribution < 1.29 is 4.79 Å². The Balaban J connectivity index is 1.92. The van der Waals surface area contributed by atoms with Crippen LogP contribution in [-0.4, -0.2) is 21.7 Å². The Labute approximate surface area is 183 Å². The van der Waals surface area contributed by atoms with Gasteiger partial charge in [-0.25, -0.2) is 4.68 Å². The maximum atomic E-state index is 13.6. The number of nitrogens with one attached hydrogen (secondary N) is 1. The van der Waals surface area contributed by atoms with Gasteiger partial charge in [0.15, 0.2) is 0 Å². The fourth-order valence-corrected chi connectivity index (χ4v) is 4.45. The van der Waals surface area contributed by atoms with Gasteiger partial charge in [-0.15, -0.1) is 0 Å². The second-order valence-electron chi connectivity index (χ2n) is 8.29. The molecule has 1 saturated carbocycles. The lowest BCUT2D eigenvalue weighted by atomic mass is 9.85. The molecular weight excluding hydrogens is 386 g/mol. The average molecular weight is 416 g/mol. The molecule has 0 bridgehead atoms. The van der Waals surface area contributed by atoms with E-state index in [1.165, 1.54) is 11.1 Å². The summed E-state index contributed by atoms with van der Waals surface area (Å²) >= 11 is 0. The Hall–Kier alpha value is -3.21. The monoisotopic (exact) mass is 415 g/mol. The molecule has 1 heterocycles. The average Bonchev–Trinajstić information content (AvgIpc) is 2.81. The van der Waals surface area contributed by atoms with Crippen molar-refractivity contribution in [2.75, 3.05) is 0 Å². The van der Waals surface area contributed by atoms with Gasteiger partial charge in [-0.1, -0.05) is 80.4 Å². The predicted molar refractivity (Wildman–Crippen MR) is 124 cm³/mol. The summed E-state index contributed by atoms with van der Waals surface area (Å²) in [5.74, 6) is 0.103. The molecule has 1 aliphatic rings. The lowest BCUT2D eigenvalue weighted by Gasteiger charge is -2.29. The molecule has 2 unspecified atom stereocenters. The molecule has 0 radical (unpaired) electrons. The molecular formula is C26H29N3O2. The van der Waals surface area contributed by atoms with Crippen LogP contribution >= 0.6 is 0 Å². The fraction of sp³-hybridized carbons (Fsp3) is 0.346. The number of aromatic nitrogens is 2. The highest BCUT2D eigenvalue weighted by atomic mass is 16.2. The van der Waals surface area contributed by atoms with Gasteiger partial charge in [0.1, 0.15) is 5.56 Å². The van der Waals surface area contributed by atoms with Crippen LogP contribution in [0.4, 0.5) is 0 Å². The van der Waals surface area contributed by atoms with Crippen LogP contribution in [0.2, 0.25) is 0 Å². The van der Waals surface area contributed by atoms with Crippen LogP contribution in [0.3, 0.4) is 0 Å². The quantitative estimate of drug-likeness (QED) is 0.644. The summed E-state index contributed by atoms with van der Waals surface area (Å²) in [6.45, 7) is 4.44. The van der Waals surface area contributed by atoms with E-state index >= 15 is 0 Å². The molecule has 0 saturated heterocycles. The molecule has 1 aromatic heterocycles. The van der Waals surface area contributed by atoms with E-state index in [0.717, 1.165) is 30.4 Å². The van der Waals surface area contributed by atoms with Crippen molar-refractivity contribution in [3.05, 3.63) is 76.6 Å². The van der Waals surface area contributed by atoms with Crippen LogP contribution in [0.15, 0.2) is 65.5 Å². The smallest absolute Gasteiger partial charge is 0.280 e. The zero-order valence-electron chi connectivity index (χ0n) is 18.2. The standard InChI is InChI=1S/C26H29N3O2/c1-3-29-26(31)23(25(30)27-21-17-11-10-12-18(21)2)22(19-13-6-4-7-14-19)24(28-29)20-15-8-5-9-16-20/h4-9,13-16,18,21H,3,10-12,17H2,1-2H3,(H,27,30). The highest BCUT2D eigenvalue weighted by molar-refractivity contribution is 6.03. The van der Waals surface area contributed by atoms with Crippen LogP contribution in [0.25, 0.3) is 22.4 Å². The van der Waals surface area contributed by atoms with Gasteiger partial charge >= 0.3 is 0 Å². The van der Waals surface area contributed by atoms with E-state index in [1.807, 2.05) is 67.6 Å². The number of hydrogen-bond acceptors (Lipinski definition) is 3. The molecule has 0 spiro atoms. The van der Waals surface area contributed by atoms with Gasteiger partial charge < -0.3 is 5.32 Å². The lowest BCUT2D eigenvalue weighted by Crippen LogP contribution is -2.44. The van der Waals surface area contributed by atoms with E-state index in [-0.39, 0.29) is 23.1 Å². The lowest BCUT2D eigenvalue weighted by molar-refractivity contribution is 0.0908. The SMILES string of the molecule is CCn1nc(-c2ccccc2)c(-c2ccccc2)c(C(=O)NC2CCCCC2C)c1=O. The second-order valence-corrected chi connectivity index (χ2v) is 8.29. The number of benzene rings is 2. The Morgan fingerprint density at radius 3 is 2.23 bits per heavy atom. The van der Waals surface area contributed by atoms with Gasteiger partial charge in [0, 0.05) is 23.7 Å². The zero-order valence-corrected chi connectivity index (χ0v) is 18.2. The summed E-state index contributed by atoms with van der Waals surface area (Å²) in [7, 11) is 0. The van der Waals surface area contributed by atoms with Crippen molar-refractivity contribution in [3.8, 4) is 22.4 Å². The summed E-state index contributed by atoms with van der Waals surface area (Å²) in [5, 5.41) is 7.85. The molecule has 3 aromatic rings. The maximum Gasteiger partial charge on any atom is 0.280 e. The molecule has 0 aliphatic heterocycles. The number of hydrogen-bond donors (Lipinski definition) is 1. The van der Waals surface area contributed by atoms with E-state index in [2.05, 4.69) is 17.3 Å². The molecule has 2 atom stereocenters. The largest absolute Gasteiger partial charge is 0.349 e. The highest BCUT2D eigenvalue weighted by Crippen LogP contribution is 2.32. The molecule has 1 aliphatic carbocycles. The summed E-state index contributed by atoms with van der Waals surface area (Å²) in [4.78, 5) is 27.0. The van der Waals surface area contributed by atoms with Crippen molar-refractivity contribution in [1.82, 2.24) is 15.1 Å². The Morgan fingerprint density at radius 1 is 1.00 bits per heavy atom. The summed E-state index contributed by atoms with van der Waals surface area (Å²) in [5.41, 5.74) is 2.78. The minimum absolute atomic E-state index is 0.0905. The van der Waals surface area contributed by atoms with Gasteiger partial charge in [0.05, 0.1) is 5.69 Å². The maximum absolute atomic E-state index is 13.6. The molecule has 1 N–H and O–H groups in total. The summed E-state index contributed by atoms with van der Waals surface area (Å²) < 4.78 is 1.40. The topological polar surface area (TPSA) is 64.0 Å². The number of amides is 1. The van der Waals surface area contributed by atoms with Gasteiger partial charge in [0.2, 0.25) is 0 Å². The van der Waals surface area contributed by atoms with Crippen LogP contribution in [0.1, 0.15) is 49.9 Å². The van der Waals surface area contributed by atoms with Crippen molar-refractivity contribution in [3.63, 3.8) is 0 Å². The number of nitrogens with zero attached hydrogens (tertiary/aromatic N) is 2. The van der Waals surface area contributed by atoms with E-state index in [0.29, 0.717) is 23.7 Å². The Morgan fingerprint density at radius 2 is 1.61 bits per heavy atom. The predicted octanol–water partition coefficient (Wildman–Crippen LogP) is 4.91. The summed E-state index contributed by atoms with van der Waals surface area (Å²) in [6, 6.07) is 19.5. The Bertz CT molecular complexity index is 1110. The highest BCUT2D eigenvalue weighted by Gasteiger charge is 2.28. The first-order chi connectivity index (χ1) is 15.1. The van der Waals surface area contributed by atoms with Crippen molar-refractivity contribution in [2.45, 2.75) is 52.1 Å². The summed E-state index contributed by atoms with van der Waals surface area (Å²) in [6.07, 6.45) is 4.35. The molecule has 1 amide bonds. The van der Waals surface area contributed by atoms with Gasteiger partial charge in [0.25, 0.3) is 11.5 Å². The third-order valence-electron chi connectivity index (χ3n) is 6.22. The number of carbonyl (C=O) groups is 1. The van der Waals surface area contributed by atoms with Crippen LogP contribution in [0.5, 0.6) is 0 Å². The van der Waals surface area contributed by atoms with Gasteiger partial charge in [-0.05, 0) is 31.2 Å². The van der Waals surface area contributed by atoms with Crippen molar-refractivity contribution in [1.29, 1.82) is 0 Å². The van der Waals surface area contributed by atoms with Crippen molar-refractivity contribution in [2.24, 2.45) is 5.92 Å². The van der Waals surface area contributed by atoms with Crippen LogP contribution < -0.4 is 10.9 Å². The molecule has 1 fully saturated rings. The number of rotatable bonds is 5. The third-order valence-corrected chi connectivity index (χ3v) is 6.22. The van der Waals surface area contributed by atoms with Gasteiger partial charge in [-0.2, -0.15) is 5.10 Å². The third kappa shape index (κ3) is 4.31. The molecule has 31 heavy (non-hydrogen) atoms. The van der Waals surface area contributed by atoms with E-state index in [4.69, 9.17) is 0 Å². The Kier molecular flexibility index (Phi) is 6.31. The number of carbonyl (C=O) groups excluding carboxylic acids is 1. The molecule has 5 nitrogen and oxygen atoms in total. The normalized spacial score (nSPS) is 18.5. The minimum atomic E-state index is -0.345. The molecule has 2 aromatic carbocycles. The van der Waals surface area contributed by atoms with E-state index in [9.17, 15) is 9.59 Å². The zero-order chi connectivity index (χ0) is 21.8. The first-order valence-corrected chi connectivity index (χ1v) is 11.2. The fourth-order valence-electron chi connectivity index (χ4n) is 4.45. The first-order valence-electron chi connectivity index (χ1n) is 11.2. The van der Waals surface area contributed by atoms with Crippen molar-refractivity contribution >= 4 is 5.91 Å². The van der Waals surface area contributed by atoms with Gasteiger partial charge in [-0.3, -0.25) is 9.59 Å². The number of aryl methyl sites for hydroxylation is 1. The van der Waals surface area contributed by atoms with Crippen LogP contribution in [-0.2, 0) is 6.54 Å². The molecule has 5 heteroatoms. The van der Waals surface area contributed by atoms with Crippen LogP contribution in [0, 0.1) is 5.92 Å².